The minimum absolute atomic E-state index is 0.0266. The van der Waals surface area contributed by atoms with Gasteiger partial charge in [-0.25, -0.2) is 9.59 Å². The van der Waals surface area contributed by atoms with Crippen molar-refractivity contribution in [2.75, 3.05) is 23.8 Å². The van der Waals surface area contributed by atoms with Gasteiger partial charge in [0.2, 0.25) is 5.78 Å². The smallest absolute Gasteiger partial charge is 0.345 e. The summed E-state index contributed by atoms with van der Waals surface area (Å²) in [6.45, 7) is 36.1. The zero-order valence-electron chi connectivity index (χ0n) is 45.2. The Kier molecular flexibility index (Phi) is 36.2. The number of terminal acetylenes is 1. The van der Waals surface area contributed by atoms with Crippen LogP contribution in [0.15, 0.2) is 67.5 Å². The molecule has 2 aromatic carbocycles. The average molecular weight is 968 g/mol. The number of benzene rings is 2. The molecule has 1 amide bonds. The number of ether oxygens (including phenoxy) is 3. The number of aldehydes is 1. The average Bonchev–Trinajstić information content (AvgIpc) is 3.27. The van der Waals surface area contributed by atoms with Crippen molar-refractivity contribution in [3.63, 3.8) is 0 Å². The number of nitrogens with two attached hydrogens (primary N) is 1. The lowest BCUT2D eigenvalue weighted by molar-refractivity contribution is -0.148. The van der Waals surface area contributed by atoms with Crippen LogP contribution in [0, 0.1) is 24.7 Å². The first kappa shape index (κ1) is 69.5. The van der Waals surface area contributed by atoms with Crippen LogP contribution in [0.25, 0.3) is 5.57 Å². The van der Waals surface area contributed by atoms with Crippen LogP contribution < -0.4 is 25.4 Å². The lowest BCUT2D eigenvalue weighted by atomic mass is 9.88. The molecule has 0 aromatic heterocycles. The molecule has 0 radical (unpaired) electrons. The minimum atomic E-state index is -1.16. The van der Waals surface area contributed by atoms with Crippen LogP contribution in [0.4, 0.5) is 11.4 Å². The number of carbonyl (C=O) groups is 5. The largest absolute Gasteiger partial charge is 0.496 e. The van der Waals surface area contributed by atoms with E-state index in [9.17, 15) is 34.2 Å². The van der Waals surface area contributed by atoms with Crippen LogP contribution >= 0.6 is 0 Å². The number of aliphatic carboxylic acids is 2. The van der Waals surface area contributed by atoms with Crippen molar-refractivity contribution in [1.82, 2.24) is 0 Å². The predicted molar refractivity (Wildman–Crippen MR) is 284 cm³/mol. The summed E-state index contributed by atoms with van der Waals surface area (Å²) < 4.78 is 17.4. The molecule has 0 heterocycles. The number of nitrogens with one attached hydrogen (secondary N) is 1. The van der Waals surface area contributed by atoms with E-state index in [-0.39, 0.29) is 28.7 Å². The van der Waals surface area contributed by atoms with Gasteiger partial charge in [-0.2, -0.15) is 0 Å². The van der Waals surface area contributed by atoms with Gasteiger partial charge >= 0.3 is 11.9 Å². The zero-order chi connectivity index (χ0) is 54.9. The number of amides is 1. The van der Waals surface area contributed by atoms with E-state index in [1.165, 1.54) is 6.08 Å². The van der Waals surface area contributed by atoms with Crippen molar-refractivity contribution >= 4 is 46.9 Å². The molecule has 0 saturated heterocycles. The van der Waals surface area contributed by atoms with Crippen molar-refractivity contribution < 1.29 is 53.5 Å². The molecule has 6 N–H and O–H groups in total. The molecule has 0 saturated carbocycles. The van der Waals surface area contributed by atoms with Crippen molar-refractivity contribution in [2.24, 2.45) is 17.6 Å². The highest BCUT2D eigenvalue weighted by molar-refractivity contribution is 6.53. The highest BCUT2D eigenvalue weighted by atomic mass is 16.5. The number of ketones is 1. The molecule has 0 aliphatic heterocycles. The Morgan fingerprint density at radius 1 is 0.855 bits per heavy atom. The summed E-state index contributed by atoms with van der Waals surface area (Å²) in [5, 5.41) is 31.2. The Bertz CT molecular complexity index is 1920. The maximum absolute atomic E-state index is 12.7. The van der Waals surface area contributed by atoms with E-state index in [4.69, 9.17) is 25.1 Å². The van der Waals surface area contributed by atoms with Crippen molar-refractivity contribution in [1.29, 1.82) is 0 Å². The number of allylic oxidation sites excluding steroid dienone is 3. The number of anilines is 2. The van der Waals surface area contributed by atoms with Gasteiger partial charge in [-0.3, -0.25) is 9.59 Å². The number of rotatable bonds is 23. The van der Waals surface area contributed by atoms with Gasteiger partial charge in [0, 0.05) is 66.3 Å². The van der Waals surface area contributed by atoms with Gasteiger partial charge in [-0.15, -0.1) is 19.4 Å². The molecule has 14 nitrogen and oxygen atoms in total. The SMILES string of the molecule is C#C.C/C=C(\C(=O)C(N)=O)c1c(NC(C)(C)CC(C)(C)O/C=C/C)cccc1OC(C(=O)O)C(C)C.C=CC.CC.CCC(C)(C)O.CCN(C)c1cccc(OC(C(=O)O)C(C)C)c1CCC=O. The Hall–Kier alpha value is -6.07. The lowest BCUT2D eigenvalue weighted by Crippen LogP contribution is -2.40. The van der Waals surface area contributed by atoms with E-state index in [0.717, 1.165) is 30.5 Å². The van der Waals surface area contributed by atoms with Crippen LogP contribution in [0.1, 0.15) is 148 Å². The second-order valence-corrected chi connectivity index (χ2v) is 17.9. The van der Waals surface area contributed by atoms with Crippen LogP contribution in [0.2, 0.25) is 0 Å². The van der Waals surface area contributed by atoms with E-state index < -0.39 is 52.6 Å². The van der Waals surface area contributed by atoms with Gasteiger partial charge < -0.3 is 50.3 Å². The summed E-state index contributed by atoms with van der Waals surface area (Å²) in [5.74, 6) is -3.92. The van der Waals surface area contributed by atoms with Crippen molar-refractivity contribution in [3.8, 4) is 24.3 Å². The molecule has 2 rings (SSSR count). The first-order valence-electron chi connectivity index (χ1n) is 23.4. The summed E-state index contributed by atoms with van der Waals surface area (Å²) in [7, 11) is 1.96. The molecule has 0 aliphatic rings. The monoisotopic (exact) mass is 968 g/mol. The first-order chi connectivity index (χ1) is 32.0. The number of carboxylic acid groups (broad SMARTS) is 2. The number of Topliss-reactive ketones (excluding diaryl/α,β-unsaturated/α-hetero) is 1. The second-order valence-electron chi connectivity index (χ2n) is 17.9. The third-order valence-electron chi connectivity index (χ3n) is 9.49. The molecule has 2 unspecified atom stereocenters. The number of aliphatic hydroxyl groups is 1. The molecule has 69 heavy (non-hydrogen) atoms. The standard InChI is InChI=1S/C26H38N2O6.C17H25NO4.C5H12O.C3H6.C2H6.C2H2/c1-9-14-33-26(7,8)15-25(5,6)28-18-12-11-13-19(34-22(16(3)4)24(31)32)20(18)17(10-2)21(29)23(27)30;1-5-18(4)14-9-6-10-15(13(14)8-7-11-19)22-16(12(2)3)17(20)21;1-4-5(2,3)6;1-3-2;2*1-2/h9-14,16,22,28H,15H2,1-8H3,(H2,27,30)(H,31,32);6,9-12,16H,5,7-8H2,1-4H3,(H,20,21);6H,4H2,1-3H3;3H,1H2,2H3;1-2H3;1-2H/b14-9+,17-10-;;;;;. The zero-order valence-corrected chi connectivity index (χ0v) is 45.2. The topological polar surface area (TPSA) is 215 Å². The third kappa shape index (κ3) is 28.1. The first-order valence-corrected chi connectivity index (χ1v) is 23.4. The van der Waals surface area contributed by atoms with E-state index in [1.807, 2.05) is 108 Å². The second kappa shape index (κ2) is 36.0. The number of hydrogen-bond acceptors (Lipinski definition) is 11. The normalized spacial score (nSPS) is 11.9. The van der Waals surface area contributed by atoms with Gasteiger partial charge in [0.15, 0.2) is 12.2 Å². The highest BCUT2D eigenvalue weighted by Gasteiger charge is 2.33. The van der Waals surface area contributed by atoms with E-state index in [2.05, 4.69) is 29.6 Å². The number of carbonyl (C=O) groups excluding carboxylic acids is 3. The fourth-order valence-corrected chi connectivity index (χ4v) is 6.16. The predicted octanol–water partition coefficient (Wildman–Crippen LogP) is 10.9. The van der Waals surface area contributed by atoms with Gasteiger partial charge in [-0.05, 0) is 106 Å². The third-order valence-corrected chi connectivity index (χ3v) is 9.49. The summed E-state index contributed by atoms with van der Waals surface area (Å²) in [4.78, 5) is 60.4. The maximum Gasteiger partial charge on any atom is 0.345 e. The van der Waals surface area contributed by atoms with Crippen LogP contribution in [-0.2, 0) is 35.1 Å². The Morgan fingerprint density at radius 3 is 1.68 bits per heavy atom. The molecule has 0 bridgehead atoms. The molecule has 0 fully saturated rings. The molecule has 0 spiro atoms. The number of primary amides is 1. The summed E-state index contributed by atoms with van der Waals surface area (Å²) in [6.07, 6.45) is 15.8. The van der Waals surface area contributed by atoms with Gasteiger partial charge in [0.05, 0.1) is 17.4 Å². The molecular weight excluding hydrogens is 879 g/mol. The summed E-state index contributed by atoms with van der Waals surface area (Å²) in [6, 6.07) is 10.6. The molecule has 0 aliphatic carbocycles. The van der Waals surface area contributed by atoms with Crippen molar-refractivity contribution in [2.45, 2.75) is 172 Å². The van der Waals surface area contributed by atoms with Gasteiger partial charge in [-0.1, -0.05) is 78.8 Å². The highest BCUT2D eigenvalue weighted by Crippen LogP contribution is 2.38. The van der Waals surface area contributed by atoms with Crippen LogP contribution in [-0.4, -0.2) is 87.8 Å². The molecular formula is C55H89N3O11. The van der Waals surface area contributed by atoms with E-state index in [0.29, 0.717) is 30.7 Å². The van der Waals surface area contributed by atoms with Crippen LogP contribution in [0.3, 0.4) is 0 Å². The quantitative estimate of drug-likeness (QED) is 0.0175. The summed E-state index contributed by atoms with van der Waals surface area (Å²) >= 11 is 0. The maximum atomic E-state index is 12.7. The Morgan fingerprint density at radius 2 is 1.30 bits per heavy atom. The number of hydrogen-bond donors (Lipinski definition) is 5. The Balaban J connectivity index is -0.000000513. The lowest BCUT2D eigenvalue weighted by Gasteiger charge is -2.36. The summed E-state index contributed by atoms with van der Waals surface area (Å²) in [5.41, 5.74) is 6.46. The minimum Gasteiger partial charge on any atom is -0.496 e. The molecule has 2 aromatic rings. The van der Waals surface area contributed by atoms with Crippen molar-refractivity contribution in [3.05, 3.63) is 78.6 Å². The molecule has 390 valence electrons. The van der Waals surface area contributed by atoms with Crippen LogP contribution in [0.5, 0.6) is 11.5 Å². The fraction of sp³-hybridized carbons (Fsp3) is 0.545. The fourth-order valence-electron chi connectivity index (χ4n) is 6.16. The van der Waals surface area contributed by atoms with Gasteiger partial charge in [0.25, 0.3) is 5.91 Å². The van der Waals surface area contributed by atoms with E-state index >= 15 is 0 Å². The molecule has 2 atom stereocenters. The number of nitrogens with zero attached hydrogens (tertiary/aromatic N) is 1. The van der Waals surface area contributed by atoms with Gasteiger partial charge in [0.1, 0.15) is 23.4 Å². The molecule has 14 heteroatoms. The van der Waals surface area contributed by atoms with E-state index in [1.54, 1.807) is 71.2 Å². The Labute approximate surface area is 415 Å². The number of carboxylic acids is 2.